The molecule has 0 spiro atoms. The van der Waals surface area contributed by atoms with E-state index in [-0.39, 0.29) is 18.2 Å². The molecule has 6 nitrogen and oxygen atoms in total. The number of carbonyl (C=O) groups is 1. The Morgan fingerprint density at radius 2 is 2.00 bits per heavy atom. The van der Waals surface area contributed by atoms with Crippen LogP contribution in [0.25, 0.3) is 11.3 Å². The predicted molar refractivity (Wildman–Crippen MR) is 118 cm³/mol. The van der Waals surface area contributed by atoms with Crippen molar-refractivity contribution >= 4 is 5.91 Å². The maximum absolute atomic E-state index is 14.5. The maximum Gasteiger partial charge on any atom is 0.225 e. The quantitative estimate of drug-likeness (QED) is 0.649. The van der Waals surface area contributed by atoms with Gasteiger partial charge in [-0.1, -0.05) is 12.1 Å². The van der Waals surface area contributed by atoms with Gasteiger partial charge in [0.25, 0.3) is 0 Å². The first-order valence-electron chi connectivity index (χ1n) is 11.5. The van der Waals surface area contributed by atoms with Crippen molar-refractivity contribution in [1.29, 1.82) is 5.26 Å². The summed E-state index contributed by atoms with van der Waals surface area (Å²) in [6, 6.07) is 10.6. The lowest BCUT2D eigenvalue weighted by atomic mass is 9.99. The number of aliphatic hydroxyl groups is 1. The largest absolute Gasteiger partial charge is 0.390 e. The number of aromatic nitrogens is 2. The second-order valence-corrected chi connectivity index (χ2v) is 9.37. The molecule has 1 aliphatic heterocycles. The van der Waals surface area contributed by atoms with E-state index in [0.717, 1.165) is 35.7 Å². The SMILES string of the molecule is N#Cc1cccc(-c2nn([C@@H]3c4cc(F)cc(F)c4C[C@@H]3O)c3c2CN(C(=O)C2CC2)CC3)c1. The van der Waals surface area contributed by atoms with Crippen LogP contribution in [0.1, 0.15) is 46.8 Å². The number of hydrogen-bond acceptors (Lipinski definition) is 4. The number of rotatable bonds is 3. The summed E-state index contributed by atoms with van der Waals surface area (Å²) in [5.41, 5.74) is 4.23. The standard InChI is InChI=1S/C26H22F2N4O2/c27-17-9-19-18(21(28)10-17)11-23(33)25(19)32-22-6-7-31(26(34)15-4-5-15)13-20(22)24(30-32)16-3-1-2-14(8-16)12-29/h1-3,8-10,15,23,25,33H,4-7,11,13H2/t23-,25+/m0/s1. The number of carbonyl (C=O) groups excluding carboxylic acids is 1. The Balaban J connectivity index is 1.50. The fourth-order valence-electron chi connectivity index (χ4n) is 5.35. The molecular weight excluding hydrogens is 438 g/mol. The molecule has 2 heterocycles. The van der Waals surface area contributed by atoms with E-state index in [9.17, 15) is 23.9 Å². The molecule has 3 aliphatic rings. The minimum atomic E-state index is -0.959. The number of fused-ring (bicyclic) bond motifs is 2. The van der Waals surface area contributed by atoms with Crippen LogP contribution < -0.4 is 0 Å². The van der Waals surface area contributed by atoms with Gasteiger partial charge < -0.3 is 10.0 Å². The summed E-state index contributed by atoms with van der Waals surface area (Å²) < 4.78 is 30.3. The third kappa shape index (κ3) is 3.31. The number of benzene rings is 2. The average Bonchev–Trinajstić information content (AvgIpc) is 3.55. The first kappa shape index (κ1) is 21.0. The van der Waals surface area contributed by atoms with Gasteiger partial charge >= 0.3 is 0 Å². The fourth-order valence-corrected chi connectivity index (χ4v) is 5.35. The van der Waals surface area contributed by atoms with E-state index >= 15 is 0 Å². The molecule has 0 bridgehead atoms. The van der Waals surface area contributed by atoms with Gasteiger partial charge in [0.2, 0.25) is 5.91 Å². The number of nitriles is 1. The van der Waals surface area contributed by atoms with E-state index in [1.165, 1.54) is 6.07 Å². The summed E-state index contributed by atoms with van der Waals surface area (Å²) >= 11 is 0. The van der Waals surface area contributed by atoms with E-state index < -0.39 is 23.8 Å². The molecule has 1 saturated carbocycles. The predicted octanol–water partition coefficient (Wildman–Crippen LogP) is 3.50. The Morgan fingerprint density at radius 3 is 2.76 bits per heavy atom. The maximum atomic E-state index is 14.5. The van der Waals surface area contributed by atoms with Gasteiger partial charge in [0, 0.05) is 54.7 Å². The Kier molecular flexibility index (Phi) is 4.78. The van der Waals surface area contributed by atoms with Crippen LogP contribution in [-0.2, 0) is 24.2 Å². The average molecular weight is 460 g/mol. The lowest BCUT2D eigenvalue weighted by Gasteiger charge is -2.29. The topological polar surface area (TPSA) is 82.2 Å². The van der Waals surface area contributed by atoms with Crippen LogP contribution in [0, 0.1) is 28.9 Å². The molecular formula is C26H22F2N4O2. The molecule has 8 heteroatoms. The minimum absolute atomic E-state index is 0.0757. The lowest BCUT2D eigenvalue weighted by Crippen LogP contribution is -2.38. The number of hydrogen-bond donors (Lipinski definition) is 1. The van der Waals surface area contributed by atoms with Gasteiger partial charge in [-0.2, -0.15) is 10.4 Å². The molecule has 2 atom stereocenters. The minimum Gasteiger partial charge on any atom is -0.390 e. The van der Waals surface area contributed by atoms with Crippen molar-refractivity contribution in [2.24, 2.45) is 5.92 Å². The van der Waals surface area contributed by atoms with Crippen molar-refractivity contribution in [3.63, 3.8) is 0 Å². The molecule has 34 heavy (non-hydrogen) atoms. The molecule has 172 valence electrons. The van der Waals surface area contributed by atoms with Gasteiger partial charge in [0.05, 0.1) is 23.4 Å². The highest BCUT2D eigenvalue weighted by molar-refractivity contribution is 5.81. The van der Waals surface area contributed by atoms with E-state index in [1.54, 1.807) is 22.9 Å². The summed E-state index contributed by atoms with van der Waals surface area (Å²) in [4.78, 5) is 14.7. The molecule has 2 aliphatic carbocycles. The zero-order valence-corrected chi connectivity index (χ0v) is 18.3. The molecule has 6 rings (SSSR count). The second-order valence-electron chi connectivity index (χ2n) is 9.37. The molecule has 3 aromatic rings. The third-order valence-corrected chi connectivity index (χ3v) is 7.14. The normalized spacial score (nSPS) is 21.2. The number of nitrogens with zero attached hydrogens (tertiary/aromatic N) is 4. The Bertz CT molecular complexity index is 1370. The molecule has 1 aromatic heterocycles. The van der Waals surface area contributed by atoms with Crippen molar-refractivity contribution in [2.75, 3.05) is 6.54 Å². The van der Waals surface area contributed by atoms with Crippen LogP contribution in [0.2, 0.25) is 0 Å². The van der Waals surface area contributed by atoms with E-state index in [1.807, 2.05) is 11.0 Å². The number of halogens is 2. The van der Waals surface area contributed by atoms with Crippen LogP contribution in [0.3, 0.4) is 0 Å². The lowest BCUT2D eigenvalue weighted by molar-refractivity contribution is -0.133. The highest BCUT2D eigenvalue weighted by Crippen LogP contribution is 2.41. The summed E-state index contributed by atoms with van der Waals surface area (Å²) in [5.74, 6) is -1.12. The van der Waals surface area contributed by atoms with Crippen LogP contribution in [0.5, 0.6) is 0 Å². The molecule has 0 unspecified atom stereocenters. The van der Waals surface area contributed by atoms with Crippen molar-refractivity contribution in [3.05, 3.63) is 76.0 Å². The van der Waals surface area contributed by atoms with Crippen LogP contribution in [0.4, 0.5) is 8.78 Å². The van der Waals surface area contributed by atoms with Gasteiger partial charge in [0.1, 0.15) is 17.7 Å². The van der Waals surface area contributed by atoms with Crippen molar-refractivity contribution < 1.29 is 18.7 Å². The van der Waals surface area contributed by atoms with E-state index in [2.05, 4.69) is 6.07 Å². The van der Waals surface area contributed by atoms with Crippen LogP contribution in [-0.4, -0.2) is 38.3 Å². The Morgan fingerprint density at radius 1 is 1.18 bits per heavy atom. The monoisotopic (exact) mass is 460 g/mol. The van der Waals surface area contributed by atoms with Crippen LogP contribution in [0.15, 0.2) is 36.4 Å². The van der Waals surface area contributed by atoms with Crippen molar-refractivity contribution in [2.45, 2.75) is 44.4 Å². The molecule has 1 fully saturated rings. The van der Waals surface area contributed by atoms with E-state index in [0.29, 0.717) is 41.9 Å². The summed E-state index contributed by atoms with van der Waals surface area (Å²) in [6.45, 7) is 0.906. The zero-order chi connectivity index (χ0) is 23.6. The molecule has 1 amide bonds. The fraction of sp³-hybridized carbons (Fsp3) is 0.346. The Labute approximate surface area is 195 Å². The first-order valence-corrected chi connectivity index (χ1v) is 11.5. The summed E-state index contributed by atoms with van der Waals surface area (Å²) in [6.07, 6.45) is 1.47. The molecule has 1 N–H and O–H groups in total. The van der Waals surface area contributed by atoms with E-state index in [4.69, 9.17) is 5.10 Å². The third-order valence-electron chi connectivity index (χ3n) is 7.14. The van der Waals surface area contributed by atoms with Crippen LogP contribution >= 0.6 is 0 Å². The number of amides is 1. The first-order chi connectivity index (χ1) is 16.4. The molecule has 0 saturated heterocycles. The van der Waals surface area contributed by atoms with Crippen molar-refractivity contribution in [1.82, 2.24) is 14.7 Å². The highest BCUT2D eigenvalue weighted by atomic mass is 19.1. The second kappa shape index (κ2) is 7.74. The van der Waals surface area contributed by atoms with Gasteiger partial charge in [-0.05, 0) is 42.2 Å². The van der Waals surface area contributed by atoms with Gasteiger partial charge in [-0.25, -0.2) is 8.78 Å². The van der Waals surface area contributed by atoms with Gasteiger partial charge in [-0.15, -0.1) is 0 Å². The zero-order valence-electron chi connectivity index (χ0n) is 18.3. The smallest absolute Gasteiger partial charge is 0.225 e. The summed E-state index contributed by atoms with van der Waals surface area (Å²) in [7, 11) is 0. The van der Waals surface area contributed by atoms with Crippen molar-refractivity contribution in [3.8, 4) is 17.3 Å². The number of aliphatic hydroxyl groups excluding tert-OH is 1. The Hall–Kier alpha value is -3.57. The highest BCUT2D eigenvalue weighted by Gasteiger charge is 2.40. The molecule has 2 aromatic carbocycles. The van der Waals surface area contributed by atoms with Gasteiger partial charge in [0.15, 0.2) is 0 Å². The summed E-state index contributed by atoms with van der Waals surface area (Å²) in [5, 5.41) is 25.1. The molecule has 0 radical (unpaired) electrons. The van der Waals surface area contributed by atoms with Gasteiger partial charge in [-0.3, -0.25) is 9.48 Å².